The lowest BCUT2D eigenvalue weighted by molar-refractivity contribution is -0.141. The highest BCUT2D eigenvalue weighted by molar-refractivity contribution is 5.87. The standard InChI is InChI=1S/C10H14O4/c1-2-10(5-7(12)13)4-3-6(11)8-9(10)14-8/h8-9H,2-5H2,1H3,(H,12,13)/t8-,9-,10-/m0/s1. The third-order valence-corrected chi connectivity index (χ3v) is 3.49. The summed E-state index contributed by atoms with van der Waals surface area (Å²) in [5.74, 6) is -0.653. The number of hydrogen-bond donors (Lipinski definition) is 1. The fourth-order valence-electron chi connectivity index (χ4n) is 2.47. The number of ether oxygens (including phenoxy) is 1. The highest BCUT2D eigenvalue weighted by Gasteiger charge is 2.60. The second kappa shape index (κ2) is 3.05. The van der Waals surface area contributed by atoms with Gasteiger partial charge in [0.25, 0.3) is 0 Å². The van der Waals surface area contributed by atoms with E-state index in [0.29, 0.717) is 12.8 Å². The molecule has 0 amide bonds. The van der Waals surface area contributed by atoms with Crippen molar-refractivity contribution < 1.29 is 19.4 Å². The van der Waals surface area contributed by atoms with Crippen LogP contribution in [0.25, 0.3) is 0 Å². The van der Waals surface area contributed by atoms with Crippen LogP contribution in [0.1, 0.15) is 32.6 Å². The van der Waals surface area contributed by atoms with Crippen LogP contribution in [0.3, 0.4) is 0 Å². The number of carbonyl (C=O) groups is 2. The zero-order chi connectivity index (χ0) is 10.3. The van der Waals surface area contributed by atoms with Gasteiger partial charge in [0.05, 0.1) is 12.5 Å². The maximum Gasteiger partial charge on any atom is 0.304 e. The van der Waals surface area contributed by atoms with Crippen molar-refractivity contribution in [1.82, 2.24) is 0 Å². The van der Waals surface area contributed by atoms with E-state index in [9.17, 15) is 9.59 Å². The van der Waals surface area contributed by atoms with Gasteiger partial charge in [-0.3, -0.25) is 9.59 Å². The Kier molecular flexibility index (Phi) is 2.10. The van der Waals surface area contributed by atoms with Crippen molar-refractivity contribution in [3.63, 3.8) is 0 Å². The minimum atomic E-state index is -0.796. The zero-order valence-electron chi connectivity index (χ0n) is 8.16. The lowest BCUT2D eigenvalue weighted by atomic mass is 9.69. The number of Topliss-reactive ketones (excluding diaryl/α,β-unsaturated/α-hetero) is 1. The van der Waals surface area contributed by atoms with Gasteiger partial charge in [-0.15, -0.1) is 0 Å². The Hall–Kier alpha value is -0.900. The fourth-order valence-corrected chi connectivity index (χ4v) is 2.47. The average molecular weight is 198 g/mol. The lowest BCUT2D eigenvalue weighted by Gasteiger charge is -2.31. The van der Waals surface area contributed by atoms with E-state index in [-0.39, 0.29) is 29.8 Å². The van der Waals surface area contributed by atoms with Crippen molar-refractivity contribution >= 4 is 11.8 Å². The molecule has 4 nitrogen and oxygen atoms in total. The van der Waals surface area contributed by atoms with Gasteiger partial charge in [-0.2, -0.15) is 0 Å². The maximum absolute atomic E-state index is 11.3. The minimum absolute atomic E-state index is 0.121. The van der Waals surface area contributed by atoms with E-state index in [0.717, 1.165) is 6.42 Å². The topological polar surface area (TPSA) is 66.9 Å². The molecule has 0 aromatic rings. The number of carbonyl (C=O) groups excluding carboxylic acids is 1. The maximum atomic E-state index is 11.3. The summed E-state index contributed by atoms with van der Waals surface area (Å²) in [7, 11) is 0. The van der Waals surface area contributed by atoms with Gasteiger partial charge in [-0.1, -0.05) is 6.92 Å². The van der Waals surface area contributed by atoms with Gasteiger partial charge < -0.3 is 9.84 Å². The number of hydrogen-bond acceptors (Lipinski definition) is 3. The van der Waals surface area contributed by atoms with E-state index in [2.05, 4.69) is 0 Å². The molecule has 1 aliphatic heterocycles. The Morgan fingerprint density at radius 2 is 2.43 bits per heavy atom. The van der Waals surface area contributed by atoms with Crippen molar-refractivity contribution in [3.8, 4) is 0 Å². The Morgan fingerprint density at radius 1 is 1.71 bits per heavy atom. The van der Waals surface area contributed by atoms with Gasteiger partial charge in [0.1, 0.15) is 6.10 Å². The summed E-state index contributed by atoms with van der Waals surface area (Å²) in [6.45, 7) is 1.97. The van der Waals surface area contributed by atoms with Crippen molar-refractivity contribution in [2.45, 2.75) is 44.8 Å². The molecule has 2 fully saturated rings. The van der Waals surface area contributed by atoms with E-state index >= 15 is 0 Å². The number of fused-ring (bicyclic) bond motifs is 1. The molecule has 78 valence electrons. The molecular weight excluding hydrogens is 184 g/mol. The largest absolute Gasteiger partial charge is 0.481 e. The van der Waals surface area contributed by atoms with Crippen LogP contribution < -0.4 is 0 Å². The zero-order valence-corrected chi connectivity index (χ0v) is 8.16. The van der Waals surface area contributed by atoms with Crippen LogP contribution in [-0.4, -0.2) is 29.1 Å². The number of aliphatic carboxylic acids is 1. The first kappa shape index (κ1) is 9.65. The first-order valence-electron chi connectivity index (χ1n) is 4.99. The smallest absolute Gasteiger partial charge is 0.304 e. The van der Waals surface area contributed by atoms with Crippen LogP contribution >= 0.6 is 0 Å². The molecule has 0 unspecified atom stereocenters. The summed E-state index contributed by atoms with van der Waals surface area (Å²) in [6, 6.07) is 0. The number of ketones is 1. The SMILES string of the molecule is CC[C@@]1(CC(=O)O)CCC(=O)[C@@H]2O[C@@H]21. The molecule has 1 heterocycles. The monoisotopic (exact) mass is 198 g/mol. The Labute approximate surface area is 82.2 Å². The number of epoxide rings is 1. The molecule has 2 aliphatic rings. The molecule has 2 rings (SSSR count). The predicted molar refractivity (Wildman–Crippen MR) is 47.9 cm³/mol. The van der Waals surface area contributed by atoms with Gasteiger partial charge in [-0.25, -0.2) is 0 Å². The van der Waals surface area contributed by atoms with Gasteiger partial charge in [0.2, 0.25) is 0 Å². The summed E-state index contributed by atoms with van der Waals surface area (Å²) >= 11 is 0. The Morgan fingerprint density at radius 3 is 3.00 bits per heavy atom. The second-order valence-corrected chi connectivity index (χ2v) is 4.23. The number of carboxylic acids is 1. The molecule has 4 heteroatoms. The molecule has 0 aromatic carbocycles. The Bertz CT molecular complexity index is 286. The van der Waals surface area contributed by atoms with E-state index in [1.165, 1.54) is 0 Å². The average Bonchev–Trinajstić information content (AvgIpc) is 2.90. The first-order valence-corrected chi connectivity index (χ1v) is 4.99. The van der Waals surface area contributed by atoms with Gasteiger partial charge in [0.15, 0.2) is 5.78 Å². The molecule has 3 atom stereocenters. The summed E-state index contributed by atoms with van der Waals surface area (Å²) in [4.78, 5) is 22.0. The number of carboxylic acid groups (broad SMARTS) is 1. The summed E-state index contributed by atoms with van der Waals surface area (Å²) < 4.78 is 5.28. The van der Waals surface area contributed by atoms with Gasteiger partial charge in [0, 0.05) is 11.8 Å². The van der Waals surface area contributed by atoms with Gasteiger partial charge in [-0.05, 0) is 12.8 Å². The van der Waals surface area contributed by atoms with E-state index in [4.69, 9.17) is 9.84 Å². The summed E-state index contributed by atoms with van der Waals surface area (Å²) in [6.07, 6.45) is 1.62. The van der Waals surface area contributed by atoms with Crippen LogP contribution in [0.4, 0.5) is 0 Å². The molecule has 1 aliphatic carbocycles. The van der Waals surface area contributed by atoms with Crippen LogP contribution in [0.2, 0.25) is 0 Å². The normalized spacial score (nSPS) is 40.5. The minimum Gasteiger partial charge on any atom is -0.481 e. The van der Waals surface area contributed by atoms with E-state index in [1.54, 1.807) is 0 Å². The van der Waals surface area contributed by atoms with Crippen LogP contribution in [-0.2, 0) is 14.3 Å². The van der Waals surface area contributed by atoms with Gasteiger partial charge >= 0.3 is 5.97 Å². The quantitative estimate of drug-likeness (QED) is 0.686. The molecule has 1 saturated carbocycles. The van der Waals surface area contributed by atoms with Crippen LogP contribution in [0, 0.1) is 5.41 Å². The third-order valence-electron chi connectivity index (χ3n) is 3.49. The highest BCUT2D eigenvalue weighted by atomic mass is 16.6. The lowest BCUT2D eigenvalue weighted by Crippen LogP contribution is -2.37. The molecule has 0 radical (unpaired) electrons. The predicted octanol–water partition coefficient (Wildman–Crippen LogP) is 0.988. The van der Waals surface area contributed by atoms with Crippen molar-refractivity contribution in [1.29, 1.82) is 0 Å². The van der Waals surface area contributed by atoms with Crippen molar-refractivity contribution in [2.24, 2.45) is 5.41 Å². The molecule has 1 saturated heterocycles. The second-order valence-electron chi connectivity index (χ2n) is 4.23. The van der Waals surface area contributed by atoms with Crippen molar-refractivity contribution in [2.75, 3.05) is 0 Å². The van der Waals surface area contributed by atoms with E-state index < -0.39 is 5.97 Å². The summed E-state index contributed by atoms with van der Waals surface area (Å²) in [5.41, 5.74) is -0.287. The fraction of sp³-hybridized carbons (Fsp3) is 0.800. The van der Waals surface area contributed by atoms with Crippen molar-refractivity contribution in [3.05, 3.63) is 0 Å². The van der Waals surface area contributed by atoms with E-state index in [1.807, 2.05) is 6.92 Å². The Balaban J connectivity index is 2.13. The highest BCUT2D eigenvalue weighted by Crippen LogP contribution is 2.51. The van der Waals surface area contributed by atoms with Crippen LogP contribution in [0.5, 0.6) is 0 Å². The molecule has 1 N–H and O–H groups in total. The first-order chi connectivity index (χ1) is 6.59. The molecular formula is C10H14O4. The third kappa shape index (κ3) is 1.34. The van der Waals surface area contributed by atoms with Crippen LogP contribution in [0.15, 0.2) is 0 Å². The summed E-state index contributed by atoms with van der Waals surface area (Å²) in [5, 5.41) is 8.82. The molecule has 0 aromatic heterocycles. The molecule has 14 heavy (non-hydrogen) atoms. The molecule has 0 bridgehead atoms. The molecule has 0 spiro atoms. The number of rotatable bonds is 3.